The molecule has 0 unspecified atom stereocenters. The Morgan fingerprint density at radius 2 is 2.20 bits per heavy atom. The molecule has 0 spiro atoms. The molecule has 0 aliphatic heterocycles. The van der Waals surface area contributed by atoms with Crippen LogP contribution in [-0.4, -0.2) is 10.1 Å². The monoisotopic (exact) mass is 273 g/mol. The van der Waals surface area contributed by atoms with Crippen molar-refractivity contribution in [3.05, 3.63) is 48.1 Å². The molecule has 0 fully saturated rings. The second kappa shape index (κ2) is 5.34. The Bertz CT molecular complexity index is 669. The van der Waals surface area contributed by atoms with Gasteiger partial charge in [0, 0.05) is 0 Å². The Labute approximate surface area is 115 Å². The first-order valence-electron chi connectivity index (χ1n) is 6.37. The summed E-state index contributed by atoms with van der Waals surface area (Å²) in [5.41, 5.74) is 0.801. The number of nitrogens with one attached hydrogen (secondary N) is 1. The van der Waals surface area contributed by atoms with Gasteiger partial charge in [0.25, 0.3) is 0 Å². The van der Waals surface area contributed by atoms with Crippen molar-refractivity contribution in [1.29, 1.82) is 0 Å². The van der Waals surface area contributed by atoms with Crippen molar-refractivity contribution < 1.29 is 13.4 Å². The highest BCUT2D eigenvalue weighted by atomic mass is 16.5. The van der Waals surface area contributed by atoms with Crippen LogP contribution < -0.4 is 5.32 Å². The predicted molar refractivity (Wildman–Crippen MR) is 70.7 cm³/mol. The van der Waals surface area contributed by atoms with Gasteiger partial charge in [0.05, 0.1) is 24.4 Å². The minimum atomic E-state index is 0.0768. The van der Waals surface area contributed by atoms with Gasteiger partial charge in [-0.05, 0) is 32.0 Å². The quantitative estimate of drug-likeness (QED) is 0.769. The zero-order chi connectivity index (χ0) is 13.9. The minimum Gasteiger partial charge on any atom is -0.472 e. The van der Waals surface area contributed by atoms with E-state index in [1.165, 1.54) is 0 Å². The van der Waals surface area contributed by atoms with E-state index in [-0.39, 0.29) is 6.04 Å². The van der Waals surface area contributed by atoms with Crippen LogP contribution in [0.1, 0.15) is 30.4 Å². The molecule has 6 nitrogen and oxygen atoms in total. The molecule has 20 heavy (non-hydrogen) atoms. The van der Waals surface area contributed by atoms with E-state index in [1.54, 1.807) is 18.6 Å². The van der Waals surface area contributed by atoms with Gasteiger partial charge in [-0.25, -0.2) is 0 Å². The normalized spacial score (nSPS) is 12.7. The number of hydrogen-bond donors (Lipinski definition) is 1. The van der Waals surface area contributed by atoms with E-state index >= 15 is 0 Å². The van der Waals surface area contributed by atoms with Crippen LogP contribution in [0, 0.1) is 6.92 Å². The molecule has 3 heterocycles. The first-order chi connectivity index (χ1) is 9.72. The fourth-order valence-corrected chi connectivity index (χ4v) is 1.86. The molecular formula is C14H15N3O3. The standard InChI is InChI=1S/C14H15N3O3/c1-9-3-4-12(19-9)10(2)15-7-13-16-14(17-20-13)11-5-6-18-8-11/h3-6,8,10,15H,7H2,1-2H3/t10-/m0/s1. The zero-order valence-electron chi connectivity index (χ0n) is 11.3. The Hall–Kier alpha value is -2.34. The summed E-state index contributed by atoms with van der Waals surface area (Å²) in [5, 5.41) is 7.18. The maximum atomic E-state index is 5.56. The van der Waals surface area contributed by atoms with E-state index in [2.05, 4.69) is 15.5 Å². The number of nitrogens with zero attached hydrogens (tertiary/aromatic N) is 2. The maximum absolute atomic E-state index is 5.56. The molecule has 1 N–H and O–H groups in total. The molecule has 0 bridgehead atoms. The van der Waals surface area contributed by atoms with Gasteiger partial charge < -0.3 is 13.4 Å². The third-order valence-electron chi connectivity index (χ3n) is 2.99. The summed E-state index contributed by atoms with van der Waals surface area (Å²) in [6.07, 6.45) is 3.15. The lowest BCUT2D eigenvalue weighted by Crippen LogP contribution is -2.17. The summed E-state index contributed by atoms with van der Waals surface area (Å²) in [7, 11) is 0. The summed E-state index contributed by atoms with van der Waals surface area (Å²) in [5.74, 6) is 2.83. The lowest BCUT2D eigenvalue weighted by Gasteiger charge is -2.08. The van der Waals surface area contributed by atoms with Crippen LogP contribution >= 0.6 is 0 Å². The molecule has 0 amide bonds. The van der Waals surface area contributed by atoms with Crippen molar-refractivity contribution in [2.45, 2.75) is 26.4 Å². The van der Waals surface area contributed by atoms with Crippen molar-refractivity contribution in [2.75, 3.05) is 0 Å². The molecule has 3 aromatic heterocycles. The van der Waals surface area contributed by atoms with Crippen molar-refractivity contribution in [2.24, 2.45) is 0 Å². The third kappa shape index (κ3) is 2.65. The van der Waals surface area contributed by atoms with Crippen LogP contribution in [0.2, 0.25) is 0 Å². The van der Waals surface area contributed by atoms with Gasteiger partial charge in [-0.3, -0.25) is 5.32 Å². The van der Waals surface area contributed by atoms with Crippen LogP contribution in [0.4, 0.5) is 0 Å². The zero-order valence-corrected chi connectivity index (χ0v) is 11.3. The first kappa shape index (κ1) is 12.7. The molecule has 1 atom stereocenters. The Morgan fingerprint density at radius 1 is 1.30 bits per heavy atom. The Morgan fingerprint density at radius 3 is 2.90 bits per heavy atom. The van der Waals surface area contributed by atoms with E-state index < -0.39 is 0 Å². The lowest BCUT2D eigenvalue weighted by molar-refractivity contribution is 0.348. The number of furan rings is 2. The summed E-state index contributed by atoms with van der Waals surface area (Å²) in [4.78, 5) is 4.29. The molecule has 3 rings (SSSR count). The van der Waals surface area contributed by atoms with E-state index in [9.17, 15) is 0 Å². The van der Waals surface area contributed by atoms with Crippen LogP contribution in [0.5, 0.6) is 0 Å². The topological polar surface area (TPSA) is 77.2 Å². The van der Waals surface area contributed by atoms with Crippen LogP contribution in [0.15, 0.2) is 44.1 Å². The summed E-state index contributed by atoms with van der Waals surface area (Å²) in [6, 6.07) is 5.76. The SMILES string of the molecule is Cc1ccc([C@H](C)NCc2nc(-c3ccoc3)no2)o1. The van der Waals surface area contributed by atoms with Crippen molar-refractivity contribution >= 4 is 0 Å². The fraction of sp³-hybridized carbons (Fsp3) is 0.286. The molecule has 0 aliphatic carbocycles. The molecule has 0 saturated heterocycles. The predicted octanol–water partition coefficient (Wildman–Crippen LogP) is 3.08. The van der Waals surface area contributed by atoms with E-state index in [0.29, 0.717) is 18.3 Å². The molecule has 6 heteroatoms. The molecule has 104 valence electrons. The van der Waals surface area contributed by atoms with Gasteiger partial charge in [-0.1, -0.05) is 5.16 Å². The largest absolute Gasteiger partial charge is 0.472 e. The third-order valence-corrected chi connectivity index (χ3v) is 2.99. The lowest BCUT2D eigenvalue weighted by atomic mass is 10.2. The molecule has 0 radical (unpaired) electrons. The highest BCUT2D eigenvalue weighted by Gasteiger charge is 2.13. The molecule has 3 aromatic rings. The molecule has 0 aromatic carbocycles. The van der Waals surface area contributed by atoms with Crippen LogP contribution in [-0.2, 0) is 6.54 Å². The molecule has 0 aliphatic rings. The summed E-state index contributed by atoms with van der Waals surface area (Å²) < 4.78 is 15.7. The Kier molecular flexibility index (Phi) is 3.39. The first-order valence-corrected chi connectivity index (χ1v) is 6.37. The average molecular weight is 273 g/mol. The summed E-state index contributed by atoms with van der Waals surface area (Å²) >= 11 is 0. The second-order valence-corrected chi connectivity index (χ2v) is 4.57. The smallest absolute Gasteiger partial charge is 0.240 e. The number of hydrogen-bond acceptors (Lipinski definition) is 6. The highest BCUT2D eigenvalue weighted by Crippen LogP contribution is 2.18. The average Bonchev–Trinajstić information content (AvgIpc) is 3.16. The number of aryl methyl sites for hydroxylation is 1. The highest BCUT2D eigenvalue weighted by molar-refractivity contribution is 5.51. The second-order valence-electron chi connectivity index (χ2n) is 4.57. The van der Waals surface area contributed by atoms with Gasteiger partial charge >= 0.3 is 0 Å². The van der Waals surface area contributed by atoms with E-state index in [0.717, 1.165) is 17.1 Å². The van der Waals surface area contributed by atoms with Gasteiger partial charge in [0.1, 0.15) is 17.8 Å². The van der Waals surface area contributed by atoms with Crippen LogP contribution in [0.25, 0.3) is 11.4 Å². The van der Waals surface area contributed by atoms with Crippen molar-refractivity contribution in [3.63, 3.8) is 0 Å². The van der Waals surface area contributed by atoms with Gasteiger partial charge in [-0.2, -0.15) is 4.98 Å². The van der Waals surface area contributed by atoms with Crippen molar-refractivity contribution in [3.8, 4) is 11.4 Å². The molecular weight excluding hydrogens is 258 g/mol. The fourth-order valence-electron chi connectivity index (χ4n) is 1.86. The number of rotatable bonds is 5. The van der Waals surface area contributed by atoms with E-state index in [1.807, 2.05) is 26.0 Å². The van der Waals surface area contributed by atoms with Crippen LogP contribution in [0.3, 0.4) is 0 Å². The number of aromatic nitrogens is 2. The minimum absolute atomic E-state index is 0.0768. The van der Waals surface area contributed by atoms with Gasteiger partial charge in [-0.15, -0.1) is 0 Å². The van der Waals surface area contributed by atoms with Gasteiger partial charge in [0.15, 0.2) is 0 Å². The summed E-state index contributed by atoms with van der Waals surface area (Å²) in [6.45, 7) is 4.42. The van der Waals surface area contributed by atoms with E-state index in [4.69, 9.17) is 13.4 Å². The van der Waals surface area contributed by atoms with Crippen molar-refractivity contribution in [1.82, 2.24) is 15.5 Å². The van der Waals surface area contributed by atoms with Gasteiger partial charge in [0.2, 0.25) is 11.7 Å². The molecule has 0 saturated carbocycles. The maximum Gasteiger partial charge on any atom is 0.240 e. The Balaban J connectivity index is 1.61.